The molecule has 5 rings (SSSR count). The number of carbonyl (C=O) groups is 1. The van der Waals surface area contributed by atoms with Crippen molar-refractivity contribution in [3.8, 4) is 11.5 Å². The smallest absolute Gasteiger partial charge is 0.243 e. The number of amides is 1. The Balaban J connectivity index is 1.27. The number of fused-ring (bicyclic) bond motifs is 1. The molecule has 0 saturated heterocycles. The first-order valence-corrected chi connectivity index (χ1v) is 13.0. The molecule has 34 heavy (non-hydrogen) atoms. The second-order valence-corrected chi connectivity index (χ2v) is 11.0. The Morgan fingerprint density at radius 3 is 2.41 bits per heavy atom. The summed E-state index contributed by atoms with van der Waals surface area (Å²) in [6.07, 6.45) is 0. The lowest BCUT2D eigenvalue weighted by atomic mass is 9.97. The number of benzene rings is 2. The van der Waals surface area contributed by atoms with Crippen molar-refractivity contribution >= 4 is 27.5 Å². The van der Waals surface area contributed by atoms with E-state index in [1.54, 1.807) is 18.2 Å². The van der Waals surface area contributed by atoms with E-state index in [9.17, 15) is 13.2 Å². The first-order valence-electron chi connectivity index (χ1n) is 11.2. The topological polar surface area (TPSA) is 88.2 Å². The van der Waals surface area contributed by atoms with Crippen LogP contribution in [0.4, 0.5) is 0 Å². The molecule has 3 heterocycles. The highest BCUT2D eigenvalue weighted by molar-refractivity contribution is 7.89. The minimum atomic E-state index is -3.70. The van der Waals surface area contributed by atoms with Gasteiger partial charge >= 0.3 is 0 Å². The second-order valence-electron chi connectivity index (χ2n) is 8.65. The number of rotatable bonds is 6. The molecule has 1 unspecified atom stereocenters. The summed E-state index contributed by atoms with van der Waals surface area (Å²) >= 11 is 6.15. The lowest BCUT2D eigenvalue weighted by Gasteiger charge is -2.27. The van der Waals surface area contributed by atoms with Crippen molar-refractivity contribution in [3.05, 3.63) is 64.2 Å². The molecule has 0 saturated carbocycles. The molecule has 180 valence electrons. The molecule has 0 aliphatic carbocycles. The normalized spacial score (nSPS) is 18.8. The third-order valence-electron chi connectivity index (χ3n) is 6.42. The molecule has 0 bridgehead atoms. The summed E-state index contributed by atoms with van der Waals surface area (Å²) in [7, 11) is -1.88. The van der Waals surface area contributed by atoms with E-state index >= 15 is 0 Å². The SMILES string of the molecule is CNCC(C(=O)N1CC2=C(C1)CN(S(=O)(=O)c1ccc3c(c1)OCCO3)C2)c1cccc(Cl)c1. The molecule has 1 N–H and O–H groups in total. The second kappa shape index (κ2) is 9.22. The van der Waals surface area contributed by atoms with Crippen LogP contribution in [0.1, 0.15) is 11.5 Å². The highest BCUT2D eigenvalue weighted by atomic mass is 35.5. The summed E-state index contributed by atoms with van der Waals surface area (Å²) in [5, 5.41) is 3.69. The van der Waals surface area contributed by atoms with Crippen molar-refractivity contribution < 1.29 is 22.7 Å². The predicted molar refractivity (Wildman–Crippen MR) is 128 cm³/mol. The van der Waals surface area contributed by atoms with Gasteiger partial charge in [-0.25, -0.2) is 8.42 Å². The van der Waals surface area contributed by atoms with Crippen molar-refractivity contribution in [3.63, 3.8) is 0 Å². The van der Waals surface area contributed by atoms with Gasteiger partial charge in [0, 0.05) is 43.8 Å². The molecule has 2 aromatic carbocycles. The fraction of sp³-hybridized carbons (Fsp3) is 0.375. The van der Waals surface area contributed by atoms with Crippen LogP contribution in [0.5, 0.6) is 11.5 Å². The number of sulfonamides is 1. The summed E-state index contributed by atoms with van der Waals surface area (Å²) < 4.78 is 39.1. The standard InChI is InChI=1S/C24H26ClN3O5S/c1-26-11-21(16-3-2-4-19(25)9-16)24(29)27-12-17-14-28(15-18(17)13-27)34(30,31)20-5-6-22-23(10-20)33-8-7-32-22/h2-6,9-10,21,26H,7-8,11-15H2,1H3. The zero-order chi connectivity index (χ0) is 23.9. The van der Waals surface area contributed by atoms with E-state index in [0.29, 0.717) is 49.4 Å². The monoisotopic (exact) mass is 503 g/mol. The van der Waals surface area contributed by atoms with Gasteiger partial charge in [0.25, 0.3) is 0 Å². The summed E-state index contributed by atoms with van der Waals surface area (Å²) in [6.45, 7) is 2.76. The molecular formula is C24H26ClN3O5S. The van der Waals surface area contributed by atoms with Crippen LogP contribution < -0.4 is 14.8 Å². The maximum absolute atomic E-state index is 13.4. The number of hydrogen-bond donors (Lipinski definition) is 1. The van der Waals surface area contributed by atoms with Crippen molar-refractivity contribution in [2.45, 2.75) is 10.8 Å². The van der Waals surface area contributed by atoms with Gasteiger partial charge < -0.3 is 19.7 Å². The van der Waals surface area contributed by atoms with E-state index in [0.717, 1.165) is 16.7 Å². The summed E-state index contributed by atoms with van der Waals surface area (Å²) in [5.74, 6) is 0.645. The number of nitrogens with zero attached hydrogens (tertiary/aromatic N) is 2. The predicted octanol–water partition coefficient (Wildman–Crippen LogP) is 2.26. The molecular weight excluding hydrogens is 478 g/mol. The van der Waals surface area contributed by atoms with Gasteiger partial charge in [0.05, 0.1) is 10.8 Å². The number of halogens is 1. The number of ether oxygens (including phenoxy) is 2. The number of likely N-dealkylation sites (N-methyl/N-ethyl adjacent to an activating group) is 1. The first-order chi connectivity index (χ1) is 16.4. The van der Waals surface area contributed by atoms with Gasteiger partial charge in [0.1, 0.15) is 13.2 Å². The molecule has 3 aliphatic rings. The number of nitrogens with one attached hydrogen (secondary N) is 1. The van der Waals surface area contributed by atoms with Crippen molar-refractivity contribution in [2.24, 2.45) is 0 Å². The Labute approximate surface area is 204 Å². The Bertz CT molecular complexity index is 1250. The zero-order valence-corrected chi connectivity index (χ0v) is 20.4. The van der Waals surface area contributed by atoms with Crippen molar-refractivity contribution in [1.29, 1.82) is 0 Å². The van der Waals surface area contributed by atoms with E-state index in [1.807, 2.05) is 30.1 Å². The van der Waals surface area contributed by atoms with Crippen LogP contribution in [0.25, 0.3) is 0 Å². The molecule has 10 heteroatoms. The minimum Gasteiger partial charge on any atom is -0.486 e. The summed E-state index contributed by atoms with van der Waals surface area (Å²) in [6, 6.07) is 12.1. The maximum Gasteiger partial charge on any atom is 0.243 e. The average molecular weight is 504 g/mol. The van der Waals surface area contributed by atoms with Crippen LogP contribution in [-0.4, -0.2) is 76.5 Å². The van der Waals surface area contributed by atoms with Gasteiger partial charge in [0.15, 0.2) is 11.5 Å². The van der Waals surface area contributed by atoms with Gasteiger partial charge in [-0.2, -0.15) is 4.31 Å². The Kier molecular flexibility index (Phi) is 6.28. The average Bonchev–Trinajstić information content (AvgIpc) is 3.42. The molecule has 8 nitrogen and oxygen atoms in total. The maximum atomic E-state index is 13.4. The lowest BCUT2D eigenvalue weighted by molar-refractivity contribution is -0.131. The van der Waals surface area contributed by atoms with Crippen molar-refractivity contribution in [1.82, 2.24) is 14.5 Å². The van der Waals surface area contributed by atoms with Gasteiger partial charge in [-0.05, 0) is 48.0 Å². The molecule has 0 fully saturated rings. The summed E-state index contributed by atoms with van der Waals surface area (Å²) in [5.41, 5.74) is 2.84. The van der Waals surface area contributed by atoms with Gasteiger partial charge in [0.2, 0.25) is 15.9 Å². The van der Waals surface area contributed by atoms with E-state index in [4.69, 9.17) is 21.1 Å². The van der Waals surface area contributed by atoms with Gasteiger partial charge in [-0.1, -0.05) is 23.7 Å². The first kappa shape index (κ1) is 23.2. The number of hydrogen-bond acceptors (Lipinski definition) is 6. The van der Waals surface area contributed by atoms with Gasteiger partial charge in [-0.3, -0.25) is 4.79 Å². The highest BCUT2D eigenvalue weighted by Gasteiger charge is 2.39. The van der Waals surface area contributed by atoms with E-state index < -0.39 is 10.0 Å². The molecule has 0 spiro atoms. The van der Waals surface area contributed by atoms with Gasteiger partial charge in [-0.15, -0.1) is 0 Å². The Hall–Kier alpha value is -2.59. The summed E-state index contributed by atoms with van der Waals surface area (Å²) in [4.78, 5) is 15.4. The molecule has 2 aromatic rings. The number of carbonyl (C=O) groups excluding carboxylic acids is 1. The van der Waals surface area contributed by atoms with Crippen LogP contribution in [0.3, 0.4) is 0 Å². The highest BCUT2D eigenvalue weighted by Crippen LogP contribution is 2.36. The largest absolute Gasteiger partial charge is 0.486 e. The van der Waals surface area contributed by atoms with Crippen LogP contribution >= 0.6 is 11.6 Å². The fourth-order valence-electron chi connectivity index (χ4n) is 4.70. The third kappa shape index (κ3) is 4.29. The van der Waals surface area contributed by atoms with E-state index in [1.165, 1.54) is 10.4 Å². The molecule has 1 atom stereocenters. The van der Waals surface area contributed by atoms with Crippen LogP contribution in [0.15, 0.2) is 58.5 Å². The van der Waals surface area contributed by atoms with E-state index in [2.05, 4.69) is 5.32 Å². The minimum absolute atomic E-state index is 0.00672. The Morgan fingerprint density at radius 1 is 1.03 bits per heavy atom. The quantitative estimate of drug-likeness (QED) is 0.608. The van der Waals surface area contributed by atoms with Crippen LogP contribution in [0, 0.1) is 0 Å². The molecule has 3 aliphatic heterocycles. The zero-order valence-electron chi connectivity index (χ0n) is 18.8. The fourth-order valence-corrected chi connectivity index (χ4v) is 6.34. The van der Waals surface area contributed by atoms with Crippen LogP contribution in [-0.2, 0) is 14.8 Å². The third-order valence-corrected chi connectivity index (χ3v) is 8.44. The van der Waals surface area contributed by atoms with Crippen LogP contribution in [0.2, 0.25) is 5.02 Å². The van der Waals surface area contributed by atoms with E-state index in [-0.39, 0.29) is 29.8 Å². The lowest BCUT2D eigenvalue weighted by Crippen LogP contribution is -2.40. The Morgan fingerprint density at radius 2 is 1.74 bits per heavy atom. The van der Waals surface area contributed by atoms with Crippen molar-refractivity contribution in [2.75, 3.05) is 53.0 Å². The molecule has 1 amide bonds. The molecule has 0 radical (unpaired) electrons. The molecule has 0 aromatic heterocycles.